The van der Waals surface area contributed by atoms with Gasteiger partial charge in [0.25, 0.3) is 0 Å². The quantitative estimate of drug-likeness (QED) is 0.134. The van der Waals surface area contributed by atoms with Crippen LogP contribution in [0.1, 0.15) is 48.6 Å². The molecule has 1 unspecified atom stereocenters. The van der Waals surface area contributed by atoms with Gasteiger partial charge in [-0.15, -0.1) is 0 Å². The minimum Gasteiger partial charge on any atom is -0.455 e. The second-order valence-corrected chi connectivity index (χ2v) is 18.4. The molecule has 1 aromatic heterocycles. The molecule has 0 aliphatic heterocycles. The van der Waals surface area contributed by atoms with Gasteiger partial charge in [0.2, 0.25) is 0 Å². The number of nitrogens with zero attached hydrogens (tertiary/aromatic N) is 1. The third-order valence-corrected chi connectivity index (χ3v) is 14.4. The van der Waals surface area contributed by atoms with Crippen LogP contribution in [-0.4, -0.2) is 0 Å². The minimum absolute atomic E-state index is 0.109. The third-order valence-electron chi connectivity index (χ3n) is 14.4. The van der Waals surface area contributed by atoms with Crippen molar-refractivity contribution in [3.05, 3.63) is 271 Å². The van der Waals surface area contributed by atoms with E-state index in [9.17, 15) is 0 Å². The van der Waals surface area contributed by atoms with Gasteiger partial charge in [-0.2, -0.15) is 0 Å². The number of allylic oxidation sites excluding steroid dienone is 5. The third kappa shape index (κ3) is 6.17. The Hall–Kier alpha value is -8.20. The van der Waals surface area contributed by atoms with E-state index in [-0.39, 0.29) is 5.41 Å². The summed E-state index contributed by atoms with van der Waals surface area (Å²) in [6.45, 7) is 11.7. The number of hydrogen-bond donors (Lipinski definition) is 0. The Bertz CT molecular complexity index is 3620. The van der Waals surface area contributed by atoms with Crippen LogP contribution in [0.3, 0.4) is 0 Å². The zero-order valence-corrected chi connectivity index (χ0v) is 38.0. The summed E-state index contributed by atoms with van der Waals surface area (Å²) in [6.07, 6.45) is 8.45. The molecular formula is C65H49NO. The molecular weight excluding hydrogens is 811 g/mol. The monoisotopic (exact) mass is 859 g/mol. The summed E-state index contributed by atoms with van der Waals surface area (Å²) >= 11 is 0. The molecule has 67 heavy (non-hydrogen) atoms. The molecule has 0 saturated carbocycles. The lowest BCUT2D eigenvalue weighted by atomic mass is 9.67. The second-order valence-electron chi connectivity index (χ2n) is 18.4. The van der Waals surface area contributed by atoms with Gasteiger partial charge in [-0.25, -0.2) is 0 Å². The largest absolute Gasteiger partial charge is 0.455 e. The minimum atomic E-state index is -0.678. The van der Waals surface area contributed by atoms with Crippen LogP contribution in [0.2, 0.25) is 0 Å². The molecule has 0 spiro atoms. The van der Waals surface area contributed by atoms with Crippen molar-refractivity contribution in [3.63, 3.8) is 0 Å². The molecule has 2 nitrogen and oxygen atoms in total. The van der Waals surface area contributed by atoms with E-state index in [4.69, 9.17) is 11.0 Å². The summed E-state index contributed by atoms with van der Waals surface area (Å²) in [5.74, 6) is 0. The summed E-state index contributed by atoms with van der Waals surface area (Å²) in [5, 5.41) is 2.24. The van der Waals surface area contributed by atoms with Gasteiger partial charge in [0, 0.05) is 38.8 Å². The van der Waals surface area contributed by atoms with Gasteiger partial charge < -0.3 is 9.32 Å². The topological polar surface area (TPSA) is 16.4 Å². The van der Waals surface area contributed by atoms with Crippen LogP contribution in [0.15, 0.2) is 247 Å². The number of hydrogen-bond acceptors (Lipinski definition) is 2. The Balaban J connectivity index is 1.03. The first-order valence-corrected chi connectivity index (χ1v) is 23.3. The van der Waals surface area contributed by atoms with Crippen LogP contribution >= 0.6 is 0 Å². The molecule has 12 rings (SSSR count). The summed E-state index contributed by atoms with van der Waals surface area (Å²) in [5.41, 5.74) is 21.3. The van der Waals surface area contributed by atoms with E-state index in [0.29, 0.717) is 0 Å². The molecule has 0 saturated heterocycles. The molecule has 0 radical (unpaired) electrons. The highest BCUT2D eigenvalue weighted by molar-refractivity contribution is 6.10. The Kier molecular flexibility index (Phi) is 9.48. The van der Waals surface area contributed by atoms with Gasteiger partial charge in [0.1, 0.15) is 11.2 Å². The lowest BCUT2D eigenvalue weighted by Gasteiger charge is -2.34. The Morgan fingerprint density at radius 2 is 1.09 bits per heavy atom. The number of fused-ring (bicyclic) bond motifs is 9. The van der Waals surface area contributed by atoms with Crippen molar-refractivity contribution in [2.24, 2.45) is 0 Å². The number of furan rings is 1. The maximum absolute atomic E-state index is 6.63. The zero-order chi connectivity index (χ0) is 45.3. The van der Waals surface area contributed by atoms with Gasteiger partial charge in [-0.3, -0.25) is 0 Å². The van der Waals surface area contributed by atoms with E-state index in [1.807, 2.05) is 13.0 Å². The number of para-hydroxylation sites is 3. The van der Waals surface area contributed by atoms with Crippen LogP contribution in [-0.2, 0) is 10.8 Å². The van der Waals surface area contributed by atoms with E-state index < -0.39 is 5.41 Å². The van der Waals surface area contributed by atoms with Gasteiger partial charge in [0.15, 0.2) is 0 Å². The zero-order valence-electron chi connectivity index (χ0n) is 38.0. The molecule has 1 heterocycles. The Morgan fingerprint density at radius 1 is 0.478 bits per heavy atom. The van der Waals surface area contributed by atoms with Crippen LogP contribution in [0, 0.1) is 0 Å². The molecule has 0 fully saturated rings. The second kappa shape index (κ2) is 15.8. The fourth-order valence-electron chi connectivity index (χ4n) is 11.3. The molecule has 0 bridgehead atoms. The Morgan fingerprint density at radius 3 is 1.91 bits per heavy atom. The first-order chi connectivity index (χ1) is 32.9. The van der Waals surface area contributed by atoms with Gasteiger partial charge in [0.05, 0.1) is 5.41 Å². The van der Waals surface area contributed by atoms with Gasteiger partial charge in [-0.1, -0.05) is 202 Å². The molecule has 9 aromatic carbocycles. The van der Waals surface area contributed by atoms with Gasteiger partial charge >= 0.3 is 0 Å². The smallest absolute Gasteiger partial charge is 0.143 e. The van der Waals surface area contributed by atoms with Crippen molar-refractivity contribution in [2.45, 2.75) is 31.6 Å². The van der Waals surface area contributed by atoms with Crippen molar-refractivity contribution >= 4 is 39.0 Å². The highest BCUT2D eigenvalue weighted by atomic mass is 16.3. The SMILES string of the molecule is C=C(/C=C\C=C/C)C1(c2ccccc2)c2cc(-c3cccc4c3oc3ccccc34)ccc2-c2c(-c3ccc(N(c4ccccc4)c4ccc5c(c4)C(C)(C)c4ccccc4-5)cc3)cccc21. The highest BCUT2D eigenvalue weighted by Gasteiger charge is 2.47. The molecule has 2 aliphatic rings. The first kappa shape index (κ1) is 40.3. The van der Waals surface area contributed by atoms with Crippen LogP contribution in [0.25, 0.3) is 66.4 Å². The van der Waals surface area contributed by atoms with Crippen molar-refractivity contribution in [2.75, 3.05) is 4.90 Å². The number of anilines is 3. The Labute approximate surface area is 393 Å². The fraction of sp³-hybridized carbons (Fsp3) is 0.0769. The predicted molar refractivity (Wildman–Crippen MR) is 282 cm³/mol. The van der Waals surface area contributed by atoms with Gasteiger partial charge in [-0.05, 0) is 128 Å². The maximum atomic E-state index is 6.63. The van der Waals surface area contributed by atoms with Crippen LogP contribution < -0.4 is 4.90 Å². The average molecular weight is 860 g/mol. The van der Waals surface area contributed by atoms with E-state index in [1.165, 1.54) is 55.6 Å². The van der Waals surface area contributed by atoms with E-state index in [1.54, 1.807) is 0 Å². The molecule has 0 N–H and O–H groups in total. The summed E-state index contributed by atoms with van der Waals surface area (Å²) < 4.78 is 6.63. The van der Waals surface area contributed by atoms with Crippen molar-refractivity contribution in [1.29, 1.82) is 0 Å². The standard InChI is InChI=1S/C65H49NO/c1-5-6-9-20-43(2)65(46-21-10-7-11-22-46)58-31-19-27-50(62(58)56-39-35-45(41-60(56)65)51-28-18-29-55-54-26-15-17-32-61(54)67-63(51)55)44-33-36-48(37-34-44)66(47-23-12-8-13-24-47)49-38-40-53-52-25-14-16-30-57(52)64(3,4)59(53)42-49/h5-42H,2H2,1,3-4H3/b6-5-,20-9-. The first-order valence-electron chi connectivity index (χ1n) is 23.3. The average Bonchev–Trinajstić information content (AvgIpc) is 3.98. The van der Waals surface area contributed by atoms with E-state index >= 15 is 0 Å². The van der Waals surface area contributed by atoms with Crippen molar-refractivity contribution in [1.82, 2.24) is 0 Å². The lowest BCUT2D eigenvalue weighted by Crippen LogP contribution is -2.28. The number of benzene rings is 9. The van der Waals surface area contributed by atoms with E-state index in [2.05, 4.69) is 243 Å². The van der Waals surface area contributed by atoms with Crippen LogP contribution in [0.5, 0.6) is 0 Å². The molecule has 1 atom stereocenters. The van der Waals surface area contributed by atoms with Crippen LogP contribution in [0.4, 0.5) is 17.1 Å². The predicted octanol–water partition coefficient (Wildman–Crippen LogP) is 17.7. The molecule has 320 valence electrons. The summed E-state index contributed by atoms with van der Waals surface area (Å²) in [4.78, 5) is 2.39. The van der Waals surface area contributed by atoms with E-state index in [0.717, 1.165) is 61.3 Å². The molecule has 0 amide bonds. The van der Waals surface area contributed by atoms with Crippen molar-refractivity contribution in [3.8, 4) is 44.5 Å². The fourth-order valence-corrected chi connectivity index (χ4v) is 11.3. The molecule has 2 aliphatic carbocycles. The maximum Gasteiger partial charge on any atom is 0.143 e. The molecule has 2 heteroatoms. The highest BCUT2D eigenvalue weighted by Crippen LogP contribution is 2.59. The number of rotatable bonds is 9. The summed E-state index contributed by atoms with van der Waals surface area (Å²) in [6, 6.07) is 75.3. The molecule has 10 aromatic rings. The summed E-state index contributed by atoms with van der Waals surface area (Å²) in [7, 11) is 0. The normalized spacial score (nSPS) is 15.5. The van der Waals surface area contributed by atoms with Crippen molar-refractivity contribution < 1.29 is 4.42 Å². The lowest BCUT2D eigenvalue weighted by molar-refractivity contribution is 0.660.